The van der Waals surface area contributed by atoms with Gasteiger partial charge in [-0.1, -0.05) is 6.92 Å². The Labute approximate surface area is 55.2 Å². The topological polar surface area (TPSA) is 26.3 Å². The van der Waals surface area contributed by atoms with Crippen LogP contribution < -0.4 is 0 Å². The van der Waals surface area contributed by atoms with E-state index in [2.05, 4.69) is 6.92 Å². The first-order valence-electron chi connectivity index (χ1n) is 3.26. The summed E-state index contributed by atoms with van der Waals surface area (Å²) in [7, 11) is 0. The number of hydrogen-bond acceptors (Lipinski definition) is 2. The summed E-state index contributed by atoms with van der Waals surface area (Å²) in [4.78, 5) is 10.3. The zero-order valence-corrected chi connectivity index (χ0v) is 5.89. The van der Waals surface area contributed by atoms with E-state index in [9.17, 15) is 4.79 Å². The van der Waals surface area contributed by atoms with Crippen LogP contribution in [-0.2, 0) is 9.53 Å². The van der Waals surface area contributed by atoms with Crippen LogP contribution in [0.15, 0.2) is 0 Å². The zero-order chi connectivity index (χ0) is 6.91. The summed E-state index contributed by atoms with van der Waals surface area (Å²) in [6, 6.07) is 0. The van der Waals surface area contributed by atoms with E-state index < -0.39 is 5.60 Å². The fourth-order valence-electron chi connectivity index (χ4n) is 1.22. The first-order valence-corrected chi connectivity index (χ1v) is 3.26. The number of ether oxygens (including phenoxy) is 1. The molecule has 0 aromatic rings. The summed E-state index contributed by atoms with van der Waals surface area (Å²) in [5.74, 6) is 0.542. The van der Waals surface area contributed by atoms with Crippen molar-refractivity contribution in [1.82, 2.24) is 0 Å². The van der Waals surface area contributed by atoms with Crippen molar-refractivity contribution in [2.24, 2.45) is 5.92 Å². The number of hydrogen-bond donors (Lipinski definition) is 0. The van der Waals surface area contributed by atoms with Crippen LogP contribution in [0.4, 0.5) is 0 Å². The van der Waals surface area contributed by atoms with Crippen LogP contribution in [0.3, 0.4) is 0 Å². The van der Waals surface area contributed by atoms with Crippen LogP contribution >= 0.6 is 0 Å². The molecule has 9 heavy (non-hydrogen) atoms. The molecule has 2 atom stereocenters. The Kier molecular flexibility index (Phi) is 1.58. The first kappa shape index (κ1) is 6.75. The van der Waals surface area contributed by atoms with Crippen molar-refractivity contribution >= 4 is 6.29 Å². The Morgan fingerprint density at radius 3 is 2.67 bits per heavy atom. The van der Waals surface area contributed by atoms with E-state index in [1.165, 1.54) is 0 Å². The van der Waals surface area contributed by atoms with Gasteiger partial charge in [-0.05, 0) is 19.3 Å². The highest BCUT2D eigenvalue weighted by atomic mass is 16.5. The monoisotopic (exact) mass is 128 g/mol. The third-order valence-corrected chi connectivity index (χ3v) is 1.70. The minimum atomic E-state index is -0.473. The molecule has 0 saturated carbocycles. The highest BCUT2D eigenvalue weighted by Gasteiger charge is 2.33. The molecule has 1 aliphatic rings. The van der Waals surface area contributed by atoms with Gasteiger partial charge in [0, 0.05) is 0 Å². The van der Waals surface area contributed by atoms with E-state index in [4.69, 9.17) is 4.74 Å². The summed E-state index contributed by atoms with van der Waals surface area (Å²) in [6.07, 6.45) is 1.77. The molecule has 0 spiro atoms. The third-order valence-electron chi connectivity index (χ3n) is 1.70. The zero-order valence-electron chi connectivity index (χ0n) is 5.89. The molecule has 0 amide bonds. The molecule has 1 aliphatic heterocycles. The second-order valence-electron chi connectivity index (χ2n) is 3.05. The van der Waals surface area contributed by atoms with Gasteiger partial charge in [-0.3, -0.25) is 0 Å². The molecule has 0 N–H and O–H groups in total. The molecule has 0 radical (unpaired) electrons. The van der Waals surface area contributed by atoms with Gasteiger partial charge in [0.05, 0.1) is 6.61 Å². The lowest BCUT2D eigenvalue weighted by molar-refractivity contribution is -0.123. The largest absolute Gasteiger partial charge is 0.368 e. The summed E-state index contributed by atoms with van der Waals surface area (Å²) in [6.45, 7) is 4.66. The summed E-state index contributed by atoms with van der Waals surface area (Å²) in [5.41, 5.74) is -0.473. The molecule has 1 saturated heterocycles. The molecule has 52 valence electrons. The molecule has 2 unspecified atom stereocenters. The minimum Gasteiger partial charge on any atom is -0.368 e. The molecule has 1 heterocycles. The van der Waals surface area contributed by atoms with E-state index >= 15 is 0 Å². The SMILES string of the molecule is CC1COC(C)(C=O)C1. The quantitative estimate of drug-likeness (QED) is 0.492. The Morgan fingerprint density at radius 1 is 1.78 bits per heavy atom. The predicted molar refractivity (Wildman–Crippen MR) is 34.2 cm³/mol. The van der Waals surface area contributed by atoms with Gasteiger partial charge in [-0.2, -0.15) is 0 Å². The van der Waals surface area contributed by atoms with Crippen LogP contribution in [0.5, 0.6) is 0 Å². The fourth-order valence-corrected chi connectivity index (χ4v) is 1.22. The van der Waals surface area contributed by atoms with E-state index in [-0.39, 0.29) is 0 Å². The molecule has 2 heteroatoms. The van der Waals surface area contributed by atoms with E-state index in [1.54, 1.807) is 0 Å². The normalized spacial score (nSPS) is 43.1. The van der Waals surface area contributed by atoms with Gasteiger partial charge in [-0.25, -0.2) is 0 Å². The van der Waals surface area contributed by atoms with Crippen molar-refractivity contribution in [3.63, 3.8) is 0 Å². The van der Waals surface area contributed by atoms with Crippen molar-refractivity contribution in [1.29, 1.82) is 0 Å². The van der Waals surface area contributed by atoms with Gasteiger partial charge in [0.15, 0.2) is 6.29 Å². The van der Waals surface area contributed by atoms with Crippen LogP contribution in [0, 0.1) is 5.92 Å². The molecular formula is C7H12O2. The maximum Gasteiger partial charge on any atom is 0.151 e. The number of carbonyl (C=O) groups is 1. The molecule has 1 fully saturated rings. The van der Waals surface area contributed by atoms with Crippen molar-refractivity contribution in [2.45, 2.75) is 25.9 Å². The Balaban J connectivity index is 2.54. The Morgan fingerprint density at radius 2 is 2.44 bits per heavy atom. The molecule has 0 bridgehead atoms. The molecular weight excluding hydrogens is 116 g/mol. The molecule has 0 aliphatic carbocycles. The van der Waals surface area contributed by atoms with Gasteiger partial charge < -0.3 is 9.53 Å². The van der Waals surface area contributed by atoms with Crippen LogP contribution in [0.25, 0.3) is 0 Å². The van der Waals surface area contributed by atoms with E-state index in [0.29, 0.717) is 5.92 Å². The lowest BCUT2D eigenvalue weighted by Gasteiger charge is -2.12. The van der Waals surface area contributed by atoms with Crippen molar-refractivity contribution in [2.75, 3.05) is 6.61 Å². The maximum atomic E-state index is 10.3. The third kappa shape index (κ3) is 1.30. The average Bonchev–Trinajstić information content (AvgIpc) is 2.13. The standard InChI is InChI=1S/C7H12O2/c1-6-3-7(2,5-8)9-4-6/h5-6H,3-4H2,1-2H3. The molecule has 0 aromatic heterocycles. The Hall–Kier alpha value is -0.370. The van der Waals surface area contributed by atoms with Crippen molar-refractivity contribution in [3.8, 4) is 0 Å². The molecule has 2 nitrogen and oxygen atoms in total. The van der Waals surface area contributed by atoms with Gasteiger partial charge >= 0.3 is 0 Å². The number of rotatable bonds is 1. The molecule has 1 rings (SSSR count). The van der Waals surface area contributed by atoms with Crippen LogP contribution in [0.2, 0.25) is 0 Å². The summed E-state index contributed by atoms with van der Waals surface area (Å²) < 4.78 is 5.23. The van der Waals surface area contributed by atoms with Gasteiger partial charge in [-0.15, -0.1) is 0 Å². The van der Waals surface area contributed by atoms with Crippen molar-refractivity contribution < 1.29 is 9.53 Å². The number of aldehydes is 1. The Bertz CT molecular complexity index is 122. The fraction of sp³-hybridized carbons (Fsp3) is 0.857. The van der Waals surface area contributed by atoms with E-state index in [0.717, 1.165) is 19.3 Å². The second-order valence-corrected chi connectivity index (χ2v) is 3.05. The average molecular weight is 128 g/mol. The summed E-state index contributed by atoms with van der Waals surface area (Å²) in [5, 5.41) is 0. The van der Waals surface area contributed by atoms with Gasteiger partial charge in [0.2, 0.25) is 0 Å². The number of carbonyl (C=O) groups excluding carboxylic acids is 1. The highest BCUT2D eigenvalue weighted by Crippen LogP contribution is 2.26. The minimum absolute atomic E-state index is 0.473. The van der Waals surface area contributed by atoms with Gasteiger partial charge in [0.25, 0.3) is 0 Å². The maximum absolute atomic E-state index is 10.3. The lowest BCUT2D eigenvalue weighted by Crippen LogP contribution is -2.24. The smallest absolute Gasteiger partial charge is 0.151 e. The van der Waals surface area contributed by atoms with E-state index in [1.807, 2.05) is 6.92 Å². The first-order chi connectivity index (χ1) is 4.16. The van der Waals surface area contributed by atoms with Crippen molar-refractivity contribution in [3.05, 3.63) is 0 Å². The second kappa shape index (κ2) is 2.10. The predicted octanol–water partition coefficient (Wildman–Crippen LogP) is 1.00. The van der Waals surface area contributed by atoms with Gasteiger partial charge in [0.1, 0.15) is 5.60 Å². The molecule has 0 aromatic carbocycles. The van der Waals surface area contributed by atoms with Crippen LogP contribution in [0.1, 0.15) is 20.3 Å². The lowest BCUT2D eigenvalue weighted by atomic mass is 9.99. The van der Waals surface area contributed by atoms with Crippen LogP contribution in [-0.4, -0.2) is 18.5 Å². The highest BCUT2D eigenvalue weighted by molar-refractivity contribution is 5.62. The summed E-state index contributed by atoms with van der Waals surface area (Å²) >= 11 is 0.